The summed E-state index contributed by atoms with van der Waals surface area (Å²) in [5.41, 5.74) is 5.66. The molecule has 0 aromatic carbocycles. The fourth-order valence-electron chi connectivity index (χ4n) is 2.32. The van der Waals surface area contributed by atoms with Crippen LogP contribution in [0.1, 0.15) is 12.8 Å². The molecule has 2 heterocycles. The molecule has 0 aromatic heterocycles. The van der Waals surface area contributed by atoms with Crippen molar-refractivity contribution >= 4 is 5.91 Å². The molecule has 0 radical (unpaired) electrons. The lowest BCUT2D eigenvalue weighted by molar-refractivity contribution is -0.141. The minimum Gasteiger partial charge on any atom is -0.339 e. The van der Waals surface area contributed by atoms with Crippen LogP contribution in [0.4, 0.5) is 0 Å². The van der Waals surface area contributed by atoms with Crippen molar-refractivity contribution in [2.75, 3.05) is 33.2 Å². The molecule has 0 spiro atoms. The van der Waals surface area contributed by atoms with E-state index < -0.39 is 0 Å². The van der Waals surface area contributed by atoms with E-state index in [4.69, 9.17) is 5.73 Å². The van der Waals surface area contributed by atoms with Gasteiger partial charge in [0.05, 0.1) is 5.92 Å². The summed E-state index contributed by atoms with van der Waals surface area (Å²) in [6.45, 7) is 3.58. The molecule has 0 bridgehead atoms. The van der Waals surface area contributed by atoms with E-state index >= 15 is 0 Å². The summed E-state index contributed by atoms with van der Waals surface area (Å²) >= 11 is 0. The zero-order valence-electron chi connectivity index (χ0n) is 8.78. The number of hydrogen-bond donors (Lipinski definition) is 1. The van der Waals surface area contributed by atoms with E-state index in [-0.39, 0.29) is 12.0 Å². The van der Waals surface area contributed by atoms with Gasteiger partial charge in [0.15, 0.2) is 0 Å². The number of hydrogen-bond acceptors (Lipinski definition) is 3. The standard InChI is InChI=1S/C10H19N3O/c1-12-4-2-3-8(5-12)10(14)13-6-9(11)7-13/h8-9H,2-7,11H2,1H3. The van der Waals surface area contributed by atoms with E-state index in [0.29, 0.717) is 5.91 Å². The smallest absolute Gasteiger partial charge is 0.227 e. The van der Waals surface area contributed by atoms with Crippen LogP contribution in [0.2, 0.25) is 0 Å². The maximum absolute atomic E-state index is 11.9. The highest BCUT2D eigenvalue weighted by molar-refractivity contribution is 5.80. The van der Waals surface area contributed by atoms with Gasteiger partial charge in [-0.05, 0) is 26.4 Å². The summed E-state index contributed by atoms with van der Waals surface area (Å²) in [6, 6.07) is 0.222. The minimum atomic E-state index is 0.222. The maximum Gasteiger partial charge on any atom is 0.227 e. The van der Waals surface area contributed by atoms with Gasteiger partial charge < -0.3 is 15.5 Å². The Hall–Kier alpha value is -0.610. The highest BCUT2D eigenvalue weighted by atomic mass is 16.2. The van der Waals surface area contributed by atoms with Crippen LogP contribution in [0.5, 0.6) is 0 Å². The van der Waals surface area contributed by atoms with Crippen LogP contribution in [0, 0.1) is 5.92 Å². The van der Waals surface area contributed by atoms with E-state index in [2.05, 4.69) is 11.9 Å². The first-order valence-electron chi connectivity index (χ1n) is 5.39. The number of carbonyl (C=O) groups excluding carboxylic acids is 1. The van der Waals surface area contributed by atoms with E-state index in [9.17, 15) is 4.79 Å². The highest BCUT2D eigenvalue weighted by Gasteiger charge is 2.33. The number of likely N-dealkylation sites (tertiary alicyclic amines) is 2. The maximum atomic E-state index is 11.9. The molecule has 80 valence electrons. The molecular formula is C10H19N3O. The first-order valence-corrected chi connectivity index (χ1v) is 5.39. The second kappa shape index (κ2) is 3.87. The van der Waals surface area contributed by atoms with Gasteiger partial charge in [-0.25, -0.2) is 0 Å². The number of nitrogens with two attached hydrogens (primary N) is 1. The van der Waals surface area contributed by atoms with Gasteiger partial charge in [-0.1, -0.05) is 0 Å². The van der Waals surface area contributed by atoms with Crippen LogP contribution in [0.3, 0.4) is 0 Å². The Morgan fingerprint density at radius 2 is 2.07 bits per heavy atom. The van der Waals surface area contributed by atoms with E-state index in [1.54, 1.807) is 0 Å². The summed E-state index contributed by atoms with van der Waals surface area (Å²) in [5, 5.41) is 0. The van der Waals surface area contributed by atoms with Crippen LogP contribution in [0.25, 0.3) is 0 Å². The summed E-state index contributed by atoms with van der Waals surface area (Å²) in [6.07, 6.45) is 2.20. The summed E-state index contributed by atoms with van der Waals surface area (Å²) in [7, 11) is 2.08. The number of carbonyl (C=O) groups is 1. The molecule has 4 nitrogen and oxygen atoms in total. The molecular weight excluding hydrogens is 178 g/mol. The SMILES string of the molecule is CN1CCCC(C(=O)N2CC(N)C2)C1. The van der Waals surface area contributed by atoms with E-state index in [1.807, 2.05) is 4.90 Å². The second-order valence-corrected chi connectivity index (χ2v) is 4.60. The van der Waals surface area contributed by atoms with Crippen molar-refractivity contribution in [3.63, 3.8) is 0 Å². The Balaban J connectivity index is 1.85. The highest BCUT2D eigenvalue weighted by Crippen LogP contribution is 2.20. The summed E-state index contributed by atoms with van der Waals surface area (Å²) in [5.74, 6) is 0.541. The predicted molar refractivity (Wildman–Crippen MR) is 54.8 cm³/mol. The average Bonchev–Trinajstić information content (AvgIpc) is 2.12. The van der Waals surface area contributed by atoms with Crippen LogP contribution in [0.15, 0.2) is 0 Å². The van der Waals surface area contributed by atoms with Gasteiger partial charge in [-0.3, -0.25) is 4.79 Å². The van der Waals surface area contributed by atoms with E-state index in [1.165, 1.54) is 0 Å². The molecule has 0 saturated carbocycles. The van der Waals surface area contributed by atoms with Crippen LogP contribution >= 0.6 is 0 Å². The monoisotopic (exact) mass is 197 g/mol. The Morgan fingerprint density at radius 1 is 1.36 bits per heavy atom. The molecule has 2 aliphatic heterocycles. The molecule has 4 heteroatoms. The molecule has 0 aromatic rings. The zero-order valence-corrected chi connectivity index (χ0v) is 8.78. The van der Waals surface area contributed by atoms with E-state index in [0.717, 1.165) is 39.0 Å². The fraction of sp³-hybridized carbons (Fsp3) is 0.900. The molecule has 0 aliphatic carbocycles. The van der Waals surface area contributed by atoms with Crippen LogP contribution in [-0.2, 0) is 4.79 Å². The number of nitrogens with zero attached hydrogens (tertiary/aromatic N) is 2. The molecule has 2 aliphatic rings. The summed E-state index contributed by atoms with van der Waals surface area (Å²) < 4.78 is 0. The quantitative estimate of drug-likeness (QED) is 0.616. The van der Waals surface area contributed by atoms with Gasteiger partial charge in [0.25, 0.3) is 0 Å². The van der Waals surface area contributed by atoms with Crippen molar-refractivity contribution in [1.29, 1.82) is 0 Å². The minimum absolute atomic E-state index is 0.222. The molecule has 2 rings (SSSR count). The molecule has 1 amide bonds. The average molecular weight is 197 g/mol. The third kappa shape index (κ3) is 1.91. The van der Waals surface area contributed by atoms with Gasteiger partial charge in [0, 0.05) is 25.7 Å². The number of rotatable bonds is 1. The first kappa shape index (κ1) is 9.93. The second-order valence-electron chi connectivity index (χ2n) is 4.60. The molecule has 14 heavy (non-hydrogen) atoms. The van der Waals surface area contributed by atoms with Crippen molar-refractivity contribution in [3.05, 3.63) is 0 Å². The topological polar surface area (TPSA) is 49.6 Å². The zero-order chi connectivity index (χ0) is 10.1. The van der Waals surface area contributed by atoms with Crippen LogP contribution in [-0.4, -0.2) is 55.0 Å². The van der Waals surface area contributed by atoms with Crippen molar-refractivity contribution in [2.45, 2.75) is 18.9 Å². The first-order chi connectivity index (χ1) is 6.66. The Labute approximate surface area is 85.0 Å². The molecule has 2 fully saturated rings. The van der Waals surface area contributed by atoms with Gasteiger partial charge in [-0.2, -0.15) is 0 Å². The molecule has 1 unspecified atom stereocenters. The van der Waals surface area contributed by atoms with Gasteiger partial charge in [-0.15, -0.1) is 0 Å². The largest absolute Gasteiger partial charge is 0.339 e. The lowest BCUT2D eigenvalue weighted by Gasteiger charge is -2.40. The van der Waals surface area contributed by atoms with Crippen molar-refractivity contribution in [1.82, 2.24) is 9.80 Å². The lowest BCUT2D eigenvalue weighted by Crippen LogP contribution is -2.60. The Kier molecular flexibility index (Phi) is 2.74. The van der Waals surface area contributed by atoms with Gasteiger partial charge in [0.1, 0.15) is 0 Å². The predicted octanol–water partition coefficient (Wildman–Crippen LogP) is -0.502. The molecule has 2 saturated heterocycles. The van der Waals surface area contributed by atoms with Crippen molar-refractivity contribution in [2.24, 2.45) is 11.7 Å². The number of amides is 1. The fourth-order valence-corrected chi connectivity index (χ4v) is 2.32. The van der Waals surface area contributed by atoms with Gasteiger partial charge in [0.2, 0.25) is 5.91 Å². The normalized spacial score (nSPS) is 30.1. The van der Waals surface area contributed by atoms with Crippen molar-refractivity contribution in [3.8, 4) is 0 Å². The number of piperidine rings is 1. The van der Waals surface area contributed by atoms with Crippen LogP contribution < -0.4 is 5.73 Å². The lowest BCUT2D eigenvalue weighted by atomic mass is 9.95. The van der Waals surface area contributed by atoms with Crippen molar-refractivity contribution < 1.29 is 4.79 Å². The third-order valence-electron chi connectivity index (χ3n) is 3.20. The third-order valence-corrected chi connectivity index (χ3v) is 3.20. The summed E-state index contributed by atoms with van der Waals surface area (Å²) in [4.78, 5) is 16.1. The Bertz CT molecular complexity index is 225. The molecule has 2 N–H and O–H groups in total. The van der Waals surface area contributed by atoms with Gasteiger partial charge >= 0.3 is 0 Å². The molecule has 1 atom stereocenters. The Morgan fingerprint density at radius 3 is 2.64 bits per heavy atom.